The molecule has 3 aromatic carbocycles. The molecule has 0 fully saturated rings. The van der Waals surface area contributed by atoms with Gasteiger partial charge in [-0.15, -0.1) is 0 Å². The van der Waals surface area contributed by atoms with Crippen LogP contribution in [0.1, 0.15) is 22.4 Å². The number of para-hydroxylation sites is 1. The van der Waals surface area contributed by atoms with E-state index in [9.17, 15) is 4.79 Å². The highest BCUT2D eigenvalue weighted by molar-refractivity contribution is 5.96. The van der Waals surface area contributed by atoms with Crippen molar-refractivity contribution in [3.05, 3.63) is 95.2 Å². The Morgan fingerprint density at radius 1 is 0.771 bits per heavy atom. The summed E-state index contributed by atoms with van der Waals surface area (Å²) >= 11 is 0. The zero-order chi connectivity index (χ0) is 24.8. The number of hydrogen-bond acceptors (Lipinski definition) is 6. The van der Waals surface area contributed by atoms with Crippen LogP contribution in [0.4, 0.5) is 28.8 Å². The molecule has 0 aliphatic carbocycles. The monoisotopic (exact) mass is 467 g/mol. The van der Waals surface area contributed by atoms with Gasteiger partial charge in [-0.2, -0.15) is 4.98 Å². The minimum Gasteiger partial charge on any atom is -0.483 e. The SMILES string of the molecule is Cc1ccc(Nc2nc(C)c(NC(=O)COc3ccccc3C)c(Nc3ccc(C)cc3)n2)cc1. The van der Waals surface area contributed by atoms with E-state index >= 15 is 0 Å². The number of benzene rings is 3. The zero-order valence-corrected chi connectivity index (χ0v) is 20.3. The van der Waals surface area contributed by atoms with E-state index in [1.165, 1.54) is 5.56 Å². The standard InChI is InChI=1S/C28H29N5O2/c1-18-9-13-22(14-10-18)30-27-26(32-25(34)17-35-24-8-6-5-7-20(24)3)21(4)29-28(33-27)31-23-15-11-19(2)12-16-23/h5-16H,17H2,1-4H3,(H,32,34)(H2,29,30,31,33). The maximum Gasteiger partial charge on any atom is 0.262 e. The third-order valence-corrected chi connectivity index (χ3v) is 5.43. The number of ether oxygens (including phenoxy) is 1. The van der Waals surface area contributed by atoms with Crippen LogP contribution in [0.15, 0.2) is 72.8 Å². The van der Waals surface area contributed by atoms with Crippen molar-refractivity contribution in [2.75, 3.05) is 22.6 Å². The summed E-state index contributed by atoms with van der Waals surface area (Å²) in [4.78, 5) is 22.0. The van der Waals surface area contributed by atoms with Crippen molar-refractivity contribution in [3.8, 4) is 5.75 Å². The maximum atomic E-state index is 12.8. The second kappa shape index (κ2) is 10.7. The lowest BCUT2D eigenvalue weighted by Crippen LogP contribution is -2.22. The molecule has 7 nitrogen and oxygen atoms in total. The van der Waals surface area contributed by atoms with E-state index < -0.39 is 0 Å². The zero-order valence-electron chi connectivity index (χ0n) is 20.3. The van der Waals surface area contributed by atoms with Gasteiger partial charge in [0.2, 0.25) is 5.95 Å². The number of aromatic nitrogens is 2. The third-order valence-electron chi connectivity index (χ3n) is 5.43. The second-order valence-electron chi connectivity index (χ2n) is 8.44. The number of hydrogen-bond donors (Lipinski definition) is 3. The van der Waals surface area contributed by atoms with E-state index in [2.05, 4.69) is 25.9 Å². The van der Waals surface area contributed by atoms with Crippen molar-refractivity contribution in [2.24, 2.45) is 0 Å². The Balaban J connectivity index is 1.58. The number of nitrogens with one attached hydrogen (secondary N) is 3. The van der Waals surface area contributed by atoms with Gasteiger partial charge in [0.25, 0.3) is 5.91 Å². The summed E-state index contributed by atoms with van der Waals surface area (Å²) in [6.07, 6.45) is 0. The molecule has 0 spiro atoms. The first-order valence-electron chi connectivity index (χ1n) is 11.4. The average molecular weight is 468 g/mol. The number of amides is 1. The molecule has 0 aliphatic rings. The summed E-state index contributed by atoms with van der Waals surface area (Å²) in [5.41, 5.74) is 6.12. The fourth-order valence-corrected chi connectivity index (χ4v) is 3.45. The van der Waals surface area contributed by atoms with Crippen molar-refractivity contribution >= 4 is 34.7 Å². The second-order valence-corrected chi connectivity index (χ2v) is 8.44. The van der Waals surface area contributed by atoms with Crippen molar-refractivity contribution < 1.29 is 9.53 Å². The molecule has 0 aliphatic heterocycles. The average Bonchev–Trinajstić information content (AvgIpc) is 2.84. The van der Waals surface area contributed by atoms with Gasteiger partial charge in [-0.05, 0) is 63.6 Å². The highest BCUT2D eigenvalue weighted by Crippen LogP contribution is 2.29. The molecule has 0 unspecified atom stereocenters. The van der Waals surface area contributed by atoms with Crippen LogP contribution in [-0.2, 0) is 4.79 Å². The predicted octanol–water partition coefficient (Wildman–Crippen LogP) is 6.21. The maximum absolute atomic E-state index is 12.8. The topological polar surface area (TPSA) is 88.2 Å². The summed E-state index contributed by atoms with van der Waals surface area (Å²) < 4.78 is 5.71. The summed E-state index contributed by atoms with van der Waals surface area (Å²) in [6, 6.07) is 23.5. The van der Waals surface area contributed by atoms with Crippen LogP contribution in [0, 0.1) is 27.7 Å². The molecule has 1 heterocycles. The minimum atomic E-state index is -0.300. The van der Waals surface area contributed by atoms with Crippen LogP contribution in [0.2, 0.25) is 0 Å². The third kappa shape index (κ3) is 6.35. The molecule has 178 valence electrons. The van der Waals surface area contributed by atoms with Crippen molar-refractivity contribution in [1.82, 2.24) is 9.97 Å². The highest BCUT2D eigenvalue weighted by atomic mass is 16.5. The molecule has 7 heteroatoms. The highest BCUT2D eigenvalue weighted by Gasteiger charge is 2.16. The first-order chi connectivity index (χ1) is 16.9. The Morgan fingerprint density at radius 2 is 1.37 bits per heavy atom. The first-order valence-corrected chi connectivity index (χ1v) is 11.4. The fraction of sp³-hybridized carbons (Fsp3) is 0.179. The quantitative estimate of drug-likeness (QED) is 0.285. The van der Waals surface area contributed by atoms with E-state index in [1.807, 2.05) is 100 Å². The summed E-state index contributed by atoms with van der Waals surface area (Å²) in [6.45, 7) is 7.71. The van der Waals surface area contributed by atoms with Gasteiger partial charge in [0, 0.05) is 11.4 Å². The number of carbonyl (C=O) groups excluding carboxylic acids is 1. The lowest BCUT2D eigenvalue weighted by Gasteiger charge is -2.17. The van der Waals surface area contributed by atoms with Crippen LogP contribution in [-0.4, -0.2) is 22.5 Å². The van der Waals surface area contributed by atoms with E-state index in [-0.39, 0.29) is 12.5 Å². The number of carbonyl (C=O) groups is 1. The molecule has 1 aromatic heterocycles. The van der Waals surface area contributed by atoms with Gasteiger partial charge in [0.1, 0.15) is 11.4 Å². The Hall–Kier alpha value is -4.39. The summed E-state index contributed by atoms with van der Waals surface area (Å²) in [7, 11) is 0. The molecule has 0 saturated heterocycles. The first kappa shape index (κ1) is 23.8. The molecular weight excluding hydrogens is 438 g/mol. The van der Waals surface area contributed by atoms with Crippen molar-refractivity contribution in [2.45, 2.75) is 27.7 Å². The molecule has 1 amide bonds. The van der Waals surface area contributed by atoms with Gasteiger partial charge in [-0.25, -0.2) is 4.98 Å². The van der Waals surface area contributed by atoms with E-state index in [0.29, 0.717) is 28.9 Å². The molecule has 0 bridgehead atoms. The van der Waals surface area contributed by atoms with Crippen molar-refractivity contribution in [3.63, 3.8) is 0 Å². The van der Waals surface area contributed by atoms with Gasteiger partial charge < -0.3 is 20.7 Å². The van der Waals surface area contributed by atoms with Crippen LogP contribution in [0.25, 0.3) is 0 Å². The molecule has 35 heavy (non-hydrogen) atoms. The Bertz CT molecular complexity index is 1320. The van der Waals surface area contributed by atoms with Crippen LogP contribution >= 0.6 is 0 Å². The Kier molecular flexibility index (Phi) is 7.26. The van der Waals surface area contributed by atoms with Gasteiger partial charge in [-0.3, -0.25) is 4.79 Å². The van der Waals surface area contributed by atoms with Gasteiger partial charge in [0.15, 0.2) is 12.4 Å². The molecule has 4 aromatic rings. The summed E-state index contributed by atoms with van der Waals surface area (Å²) in [5, 5.41) is 9.48. The van der Waals surface area contributed by atoms with Crippen LogP contribution in [0.5, 0.6) is 5.75 Å². The molecular formula is C28H29N5O2. The van der Waals surface area contributed by atoms with Crippen molar-refractivity contribution in [1.29, 1.82) is 0 Å². The predicted molar refractivity (Wildman–Crippen MR) is 141 cm³/mol. The smallest absolute Gasteiger partial charge is 0.262 e. The lowest BCUT2D eigenvalue weighted by atomic mass is 10.2. The Morgan fingerprint density at radius 3 is 2.00 bits per heavy atom. The van der Waals surface area contributed by atoms with Crippen LogP contribution in [0.3, 0.4) is 0 Å². The normalized spacial score (nSPS) is 10.5. The van der Waals surface area contributed by atoms with Gasteiger partial charge in [0.05, 0.1) is 5.69 Å². The van der Waals surface area contributed by atoms with Gasteiger partial charge in [-0.1, -0.05) is 53.6 Å². The fourth-order valence-electron chi connectivity index (χ4n) is 3.45. The lowest BCUT2D eigenvalue weighted by molar-refractivity contribution is -0.118. The number of rotatable bonds is 8. The molecule has 0 saturated carbocycles. The molecule has 0 atom stereocenters. The van der Waals surface area contributed by atoms with Gasteiger partial charge >= 0.3 is 0 Å². The largest absolute Gasteiger partial charge is 0.483 e. The number of aryl methyl sites for hydroxylation is 4. The summed E-state index contributed by atoms with van der Waals surface area (Å²) in [5.74, 6) is 1.28. The molecule has 4 rings (SSSR count). The Labute approximate surface area is 205 Å². The minimum absolute atomic E-state index is 0.127. The molecule has 3 N–H and O–H groups in total. The number of anilines is 5. The van der Waals surface area contributed by atoms with Crippen LogP contribution < -0.4 is 20.7 Å². The van der Waals surface area contributed by atoms with E-state index in [0.717, 1.165) is 22.5 Å². The van der Waals surface area contributed by atoms with E-state index in [4.69, 9.17) is 4.74 Å². The number of nitrogens with zero attached hydrogens (tertiary/aromatic N) is 2. The van der Waals surface area contributed by atoms with E-state index in [1.54, 1.807) is 0 Å². The molecule has 0 radical (unpaired) electrons.